The highest BCUT2D eigenvalue weighted by molar-refractivity contribution is 6.34. The molecular formula is C20H15Cl2FN4O3. The number of halogens is 3. The fourth-order valence-electron chi connectivity index (χ4n) is 2.90. The predicted octanol–water partition coefficient (Wildman–Crippen LogP) is 3.47. The largest absolute Gasteiger partial charge is 0.489 e. The molecule has 0 spiro atoms. The fraction of sp³-hybridized carbons (Fsp3) is 0.150. The zero-order valence-corrected chi connectivity index (χ0v) is 16.9. The van der Waals surface area contributed by atoms with Gasteiger partial charge in [-0.3, -0.25) is 9.36 Å². The van der Waals surface area contributed by atoms with Crippen LogP contribution in [0.3, 0.4) is 0 Å². The first kappa shape index (κ1) is 20.3. The molecule has 30 heavy (non-hydrogen) atoms. The van der Waals surface area contributed by atoms with Gasteiger partial charge in [-0.1, -0.05) is 23.2 Å². The maximum absolute atomic E-state index is 13.1. The topological polar surface area (TPSA) is 82.2 Å². The van der Waals surface area contributed by atoms with E-state index in [0.29, 0.717) is 27.1 Å². The van der Waals surface area contributed by atoms with Crippen molar-refractivity contribution in [3.8, 4) is 11.4 Å². The van der Waals surface area contributed by atoms with Crippen molar-refractivity contribution in [2.24, 2.45) is 0 Å². The predicted molar refractivity (Wildman–Crippen MR) is 111 cm³/mol. The van der Waals surface area contributed by atoms with Gasteiger partial charge in [0.05, 0.1) is 23.5 Å². The van der Waals surface area contributed by atoms with E-state index in [1.807, 2.05) is 0 Å². The number of benzene rings is 2. The van der Waals surface area contributed by atoms with E-state index in [1.54, 1.807) is 18.2 Å². The second kappa shape index (κ2) is 8.43. The minimum Gasteiger partial charge on any atom is -0.489 e. The molecule has 7 nitrogen and oxygen atoms in total. The molecule has 0 amide bonds. The fourth-order valence-corrected chi connectivity index (χ4v) is 3.24. The summed E-state index contributed by atoms with van der Waals surface area (Å²) in [6, 6.07) is 10.4. The van der Waals surface area contributed by atoms with Crippen molar-refractivity contribution in [3.05, 3.63) is 81.2 Å². The number of aromatic nitrogens is 4. The van der Waals surface area contributed by atoms with Crippen LogP contribution < -0.4 is 10.3 Å². The van der Waals surface area contributed by atoms with Crippen LogP contribution >= 0.6 is 23.2 Å². The molecule has 1 N–H and O–H groups in total. The van der Waals surface area contributed by atoms with Crippen LogP contribution in [0.5, 0.6) is 5.75 Å². The Kier molecular flexibility index (Phi) is 5.72. The van der Waals surface area contributed by atoms with Crippen LogP contribution in [-0.4, -0.2) is 37.1 Å². The number of nitrogens with zero attached hydrogens (tertiary/aromatic N) is 4. The first-order valence-electron chi connectivity index (χ1n) is 8.87. The molecule has 4 rings (SSSR count). The smallest absolute Gasteiger partial charge is 0.264 e. The first-order valence-corrected chi connectivity index (χ1v) is 9.63. The Morgan fingerprint density at radius 2 is 1.93 bits per heavy atom. The third-order valence-electron chi connectivity index (χ3n) is 4.36. The molecular weight excluding hydrogens is 434 g/mol. The van der Waals surface area contributed by atoms with Gasteiger partial charge < -0.3 is 9.84 Å². The summed E-state index contributed by atoms with van der Waals surface area (Å²) in [5.41, 5.74) is 0.537. The number of fused-ring (bicyclic) bond motifs is 1. The first-order chi connectivity index (χ1) is 14.4. The molecule has 0 aliphatic carbocycles. The molecule has 0 aliphatic heterocycles. The molecule has 1 unspecified atom stereocenters. The minimum absolute atomic E-state index is 0.0400. The highest BCUT2D eigenvalue weighted by Gasteiger charge is 2.15. The highest BCUT2D eigenvalue weighted by Crippen LogP contribution is 2.27. The molecule has 2 aromatic heterocycles. The summed E-state index contributed by atoms with van der Waals surface area (Å²) in [5.74, 6) is -0.0366. The molecule has 2 heterocycles. The Bertz CT molecular complexity index is 1260. The van der Waals surface area contributed by atoms with Gasteiger partial charge in [-0.15, -0.1) is 0 Å². The lowest BCUT2D eigenvalue weighted by Gasteiger charge is -2.14. The van der Waals surface area contributed by atoms with E-state index >= 15 is 0 Å². The maximum Gasteiger partial charge on any atom is 0.264 e. The SMILES string of the molecule is O=c1c2cnn(-c3ccc(F)cc3)c2ncn1CC(O)COc1cc(Cl)ccc1Cl. The van der Waals surface area contributed by atoms with Gasteiger partial charge in [0.15, 0.2) is 5.65 Å². The van der Waals surface area contributed by atoms with Crippen LogP contribution in [0.4, 0.5) is 4.39 Å². The third-order valence-corrected chi connectivity index (χ3v) is 4.90. The van der Waals surface area contributed by atoms with Gasteiger partial charge in [-0.05, 0) is 36.4 Å². The molecule has 0 saturated heterocycles. The van der Waals surface area contributed by atoms with E-state index in [9.17, 15) is 14.3 Å². The van der Waals surface area contributed by atoms with Gasteiger partial charge in [-0.2, -0.15) is 5.10 Å². The average molecular weight is 449 g/mol. The summed E-state index contributed by atoms with van der Waals surface area (Å²) in [6.07, 6.45) is 1.71. The van der Waals surface area contributed by atoms with Crippen LogP contribution in [0.15, 0.2) is 59.8 Å². The maximum atomic E-state index is 13.1. The summed E-state index contributed by atoms with van der Waals surface area (Å²) >= 11 is 11.9. The van der Waals surface area contributed by atoms with Gasteiger partial charge >= 0.3 is 0 Å². The number of aliphatic hydroxyl groups excluding tert-OH is 1. The summed E-state index contributed by atoms with van der Waals surface area (Å²) in [5, 5.41) is 15.5. The van der Waals surface area contributed by atoms with E-state index in [-0.39, 0.29) is 29.9 Å². The van der Waals surface area contributed by atoms with E-state index < -0.39 is 6.10 Å². The zero-order valence-electron chi connectivity index (χ0n) is 15.4. The quantitative estimate of drug-likeness (QED) is 0.488. The van der Waals surface area contributed by atoms with Gasteiger partial charge in [0.25, 0.3) is 5.56 Å². The molecule has 154 valence electrons. The van der Waals surface area contributed by atoms with Gasteiger partial charge in [0.2, 0.25) is 0 Å². The molecule has 0 aliphatic rings. The van der Waals surface area contributed by atoms with Crippen LogP contribution in [0.1, 0.15) is 0 Å². The van der Waals surface area contributed by atoms with E-state index in [4.69, 9.17) is 27.9 Å². The van der Waals surface area contributed by atoms with Crippen molar-refractivity contribution < 1.29 is 14.2 Å². The Morgan fingerprint density at radius 1 is 1.17 bits per heavy atom. The molecule has 4 aromatic rings. The Labute approximate surface area is 179 Å². The van der Waals surface area contributed by atoms with Crippen LogP contribution in [0.25, 0.3) is 16.7 Å². The second-order valence-corrected chi connectivity index (χ2v) is 7.36. The summed E-state index contributed by atoms with van der Waals surface area (Å²) in [7, 11) is 0. The van der Waals surface area contributed by atoms with Crippen LogP contribution in [-0.2, 0) is 6.54 Å². The molecule has 2 aromatic carbocycles. The highest BCUT2D eigenvalue weighted by atomic mass is 35.5. The van der Waals surface area contributed by atoms with Crippen LogP contribution in [0.2, 0.25) is 10.0 Å². The lowest BCUT2D eigenvalue weighted by Crippen LogP contribution is -2.30. The van der Waals surface area contributed by atoms with Crippen molar-refractivity contribution >= 4 is 34.2 Å². The Balaban J connectivity index is 1.52. The normalized spacial score (nSPS) is 12.3. The molecule has 0 radical (unpaired) electrons. The third kappa shape index (κ3) is 4.16. The average Bonchev–Trinajstić information content (AvgIpc) is 3.16. The lowest BCUT2D eigenvalue weighted by atomic mass is 10.3. The summed E-state index contributed by atoms with van der Waals surface area (Å²) in [6.45, 7) is -0.138. The molecule has 0 bridgehead atoms. The van der Waals surface area contributed by atoms with Gasteiger partial charge in [-0.25, -0.2) is 14.1 Å². The summed E-state index contributed by atoms with van der Waals surface area (Å²) < 4.78 is 21.4. The van der Waals surface area contributed by atoms with Crippen molar-refractivity contribution in [2.75, 3.05) is 6.61 Å². The van der Waals surface area contributed by atoms with Crippen molar-refractivity contribution in [1.29, 1.82) is 0 Å². The zero-order chi connectivity index (χ0) is 21.3. The van der Waals surface area contributed by atoms with Crippen molar-refractivity contribution in [1.82, 2.24) is 19.3 Å². The molecule has 1 atom stereocenters. The number of rotatable bonds is 6. The van der Waals surface area contributed by atoms with Crippen molar-refractivity contribution in [3.63, 3.8) is 0 Å². The number of hydrogen-bond acceptors (Lipinski definition) is 5. The molecule has 0 saturated carbocycles. The minimum atomic E-state index is -0.996. The second-order valence-electron chi connectivity index (χ2n) is 6.51. The van der Waals surface area contributed by atoms with Gasteiger partial charge in [0, 0.05) is 11.1 Å². The standard InChI is InChI=1S/C20H15Cl2FN4O3/c21-12-1-6-17(22)18(7-12)30-10-15(28)9-26-11-24-19-16(20(26)29)8-25-27(19)14-4-2-13(23)3-5-14/h1-8,11,15,28H,9-10H2. The van der Waals surface area contributed by atoms with E-state index in [0.717, 1.165) is 0 Å². The number of hydrogen-bond donors (Lipinski definition) is 1. The molecule has 10 heteroatoms. The van der Waals surface area contributed by atoms with Crippen molar-refractivity contribution in [2.45, 2.75) is 12.6 Å². The Morgan fingerprint density at radius 3 is 2.70 bits per heavy atom. The Hall–Kier alpha value is -2.94. The number of aliphatic hydroxyl groups is 1. The monoisotopic (exact) mass is 448 g/mol. The lowest BCUT2D eigenvalue weighted by molar-refractivity contribution is 0.0915. The van der Waals surface area contributed by atoms with E-state index in [2.05, 4.69) is 10.1 Å². The number of ether oxygens (including phenoxy) is 1. The van der Waals surface area contributed by atoms with E-state index in [1.165, 1.54) is 46.0 Å². The molecule has 0 fully saturated rings. The van der Waals surface area contributed by atoms with Crippen LogP contribution in [0, 0.1) is 5.82 Å². The van der Waals surface area contributed by atoms with Gasteiger partial charge in [0.1, 0.15) is 36.0 Å². The summed E-state index contributed by atoms with van der Waals surface area (Å²) in [4.78, 5) is 17.0.